The number of likely N-dealkylation sites (tertiary alicyclic amines) is 1. The molecule has 0 radical (unpaired) electrons. The summed E-state index contributed by atoms with van der Waals surface area (Å²) in [6.45, 7) is 6.16. The van der Waals surface area contributed by atoms with Crippen LogP contribution in [-0.4, -0.2) is 49.3 Å². The second-order valence-corrected chi connectivity index (χ2v) is 5.54. The molecule has 1 saturated heterocycles. The summed E-state index contributed by atoms with van der Waals surface area (Å²) >= 11 is 0. The summed E-state index contributed by atoms with van der Waals surface area (Å²) in [6.07, 6.45) is 2.14. The number of aliphatic hydroxyl groups excluding tert-OH is 1. The van der Waals surface area contributed by atoms with Gasteiger partial charge in [-0.25, -0.2) is 0 Å². The van der Waals surface area contributed by atoms with Gasteiger partial charge in [-0.05, 0) is 50.6 Å². The molecule has 0 aromatic heterocycles. The smallest absolute Gasteiger partial charge is 0.119 e. The highest BCUT2D eigenvalue weighted by molar-refractivity contribution is 5.29. The maximum Gasteiger partial charge on any atom is 0.119 e. The molecule has 2 atom stereocenters. The Hall–Kier alpha value is -1.10. The number of hydrogen-bond acceptors (Lipinski definition) is 4. The molecule has 0 spiro atoms. The Bertz CT molecular complexity index is 405. The third kappa shape index (κ3) is 4.20. The summed E-state index contributed by atoms with van der Waals surface area (Å²) in [7, 11) is 1.64. The molecule has 1 heterocycles. The molecule has 2 N–H and O–H groups in total. The van der Waals surface area contributed by atoms with Crippen LogP contribution in [0, 0.1) is 0 Å². The van der Waals surface area contributed by atoms with Gasteiger partial charge in [0.1, 0.15) is 5.75 Å². The van der Waals surface area contributed by atoms with Gasteiger partial charge in [-0.3, -0.25) is 4.90 Å². The van der Waals surface area contributed by atoms with Gasteiger partial charge in [0.2, 0.25) is 0 Å². The third-order valence-corrected chi connectivity index (χ3v) is 4.02. The summed E-state index contributed by atoms with van der Waals surface area (Å²) in [5.41, 5.74) is 0.894. The van der Waals surface area contributed by atoms with E-state index in [1.165, 1.54) is 25.9 Å². The first-order valence-electron chi connectivity index (χ1n) is 7.47. The van der Waals surface area contributed by atoms with E-state index in [4.69, 9.17) is 4.74 Å². The summed E-state index contributed by atoms with van der Waals surface area (Å²) < 4.78 is 5.18. The molecule has 1 aromatic rings. The minimum Gasteiger partial charge on any atom is -0.497 e. The average molecular weight is 278 g/mol. The Labute approximate surface area is 121 Å². The van der Waals surface area contributed by atoms with Crippen molar-refractivity contribution in [3.63, 3.8) is 0 Å². The van der Waals surface area contributed by atoms with Gasteiger partial charge in [0.15, 0.2) is 0 Å². The van der Waals surface area contributed by atoms with E-state index < -0.39 is 6.10 Å². The average Bonchev–Trinajstić information content (AvgIpc) is 3.01. The zero-order valence-corrected chi connectivity index (χ0v) is 12.5. The van der Waals surface area contributed by atoms with Crippen molar-refractivity contribution in [1.82, 2.24) is 10.2 Å². The van der Waals surface area contributed by atoms with E-state index in [0.717, 1.165) is 17.9 Å². The van der Waals surface area contributed by atoms with Gasteiger partial charge in [0.25, 0.3) is 0 Å². The zero-order chi connectivity index (χ0) is 14.4. The summed E-state index contributed by atoms with van der Waals surface area (Å²) in [6, 6.07) is 8.15. The number of ether oxygens (including phenoxy) is 1. The fourth-order valence-corrected chi connectivity index (χ4v) is 2.71. The lowest BCUT2D eigenvalue weighted by molar-refractivity contribution is 0.167. The van der Waals surface area contributed by atoms with Gasteiger partial charge in [-0.1, -0.05) is 12.1 Å². The minimum atomic E-state index is -0.490. The Morgan fingerprint density at radius 2 is 2.05 bits per heavy atom. The first-order chi connectivity index (χ1) is 9.70. The Morgan fingerprint density at radius 3 is 2.75 bits per heavy atom. The molecule has 1 aliphatic rings. The number of nitrogens with zero attached hydrogens (tertiary/aromatic N) is 1. The molecule has 1 aromatic carbocycles. The number of aliphatic hydroxyl groups is 1. The molecule has 0 saturated carbocycles. The standard InChI is InChI=1S/C16H26N2O2/c1-13(18-8-3-4-9-18)11-17-12-16(19)14-6-5-7-15(10-14)20-2/h5-7,10,13,16-17,19H,3-4,8-9,11-12H2,1-2H3. The SMILES string of the molecule is COc1cccc(C(O)CNCC(C)N2CCCC2)c1. The molecule has 4 heteroatoms. The lowest BCUT2D eigenvalue weighted by atomic mass is 10.1. The van der Waals surface area contributed by atoms with Gasteiger partial charge in [0, 0.05) is 19.1 Å². The zero-order valence-electron chi connectivity index (χ0n) is 12.5. The van der Waals surface area contributed by atoms with E-state index in [1.54, 1.807) is 7.11 Å². The van der Waals surface area contributed by atoms with Crippen LogP contribution in [0.5, 0.6) is 5.75 Å². The fourth-order valence-electron chi connectivity index (χ4n) is 2.71. The topological polar surface area (TPSA) is 44.7 Å². The first kappa shape index (κ1) is 15.3. The van der Waals surface area contributed by atoms with Gasteiger partial charge in [-0.2, -0.15) is 0 Å². The lowest BCUT2D eigenvalue weighted by Crippen LogP contribution is -2.39. The van der Waals surface area contributed by atoms with Crippen molar-refractivity contribution in [2.24, 2.45) is 0 Å². The maximum absolute atomic E-state index is 10.2. The van der Waals surface area contributed by atoms with Gasteiger partial charge in [-0.15, -0.1) is 0 Å². The van der Waals surface area contributed by atoms with Crippen LogP contribution in [0.2, 0.25) is 0 Å². The van der Waals surface area contributed by atoms with Gasteiger partial charge < -0.3 is 15.2 Å². The highest BCUT2D eigenvalue weighted by Gasteiger charge is 2.17. The van der Waals surface area contributed by atoms with Crippen LogP contribution in [-0.2, 0) is 0 Å². The van der Waals surface area contributed by atoms with Crippen molar-refractivity contribution < 1.29 is 9.84 Å². The Balaban J connectivity index is 1.75. The molecule has 1 fully saturated rings. The number of hydrogen-bond donors (Lipinski definition) is 2. The normalized spacial score (nSPS) is 18.9. The lowest BCUT2D eigenvalue weighted by Gasteiger charge is -2.24. The third-order valence-electron chi connectivity index (χ3n) is 4.02. The molecule has 0 bridgehead atoms. The van der Waals surface area contributed by atoms with E-state index in [1.807, 2.05) is 24.3 Å². The molecular weight excluding hydrogens is 252 g/mol. The largest absolute Gasteiger partial charge is 0.497 e. The van der Waals surface area contributed by atoms with Gasteiger partial charge in [0.05, 0.1) is 13.2 Å². The molecular formula is C16H26N2O2. The van der Waals surface area contributed by atoms with Crippen molar-refractivity contribution in [3.8, 4) is 5.75 Å². The van der Waals surface area contributed by atoms with Crippen LogP contribution in [0.4, 0.5) is 0 Å². The fraction of sp³-hybridized carbons (Fsp3) is 0.625. The first-order valence-corrected chi connectivity index (χ1v) is 7.47. The molecule has 4 nitrogen and oxygen atoms in total. The van der Waals surface area contributed by atoms with Crippen LogP contribution < -0.4 is 10.1 Å². The van der Waals surface area contributed by atoms with Crippen LogP contribution in [0.3, 0.4) is 0 Å². The summed E-state index contributed by atoms with van der Waals surface area (Å²) in [4.78, 5) is 2.50. The molecule has 2 unspecified atom stereocenters. The molecule has 2 rings (SSSR count). The molecule has 0 amide bonds. The van der Waals surface area contributed by atoms with Gasteiger partial charge >= 0.3 is 0 Å². The number of methoxy groups -OCH3 is 1. The van der Waals surface area contributed by atoms with Crippen molar-refractivity contribution in [3.05, 3.63) is 29.8 Å². The van der Waals surface area contributed by atoms with Crippen LogP contribution >= 0.6 is 0 Å². The van der Waals surface area contributed by atoms with Crippen LogP contribution in [0.15, 0.2) is 24.3 Å². The molecule has 20 heavy (non-hydrogen) atoms. The number of nitrogens with one attached hydrogen (secondary N) is 1. The van der Waals surface area contributed by atoms with Crippen molar-refractivity contribution in [2.45, 2.75) is 31.9 Å². The maximum atomic E-state index is 10.2. The highest BCUT2D eigenvalue weighted by Crippen LogP contribution is 2.18. The quantitative estimate of drug-likeness (QED) is 0.798. The van der Waals surface area contributed by atoms with E-state index in [0.29, 0.717) is 12.6 Å². The Kier molecular flexibility index (Phi) is 5.83. The van der Waals surface area contributed by atoms with E-state index in [2.05, 4.69) is 17.1 Å². The number of rotatable bonds is 7. The highest BCUT2D eigenvalue weighted by atomic mass is 16.5. The second kappa shape index (κ2) is 7.62. The molecule has 1 aliphatic heterocycles. The predicted octanol–water partition coefficient (Wildman–Crippen LogP) is 1.80. The monoisotopic (exact) mass is 278 g/mol. The second-order valence-electron chi connectivity index (χ2n) is 5.54. The molecule has 112 valence electrons. The van der Waals surface area contributed by atoms with Crippen molar-refractivity contribution in [1.29, 1.82) is 0 Å². The summed E-state index contributed by atoms with van der Waals surface area (Å²) in [5.74, 6) is 0.784. The predicted molar refractivity (Wildman–Crippen MR) is 81.1 cm³/mol. The van der Waals surface area contributed by atoms with E-state index in [-0.39, 0.29) is 0 Å². The van der Waals surface area contributed by atoms with Crippen molar-refractivity contribution >= 4 is 0 Å². The Morgan fingerprint density at radius 1 is 1.30 bits per heavy atom. The van der Waals surface area contributed by atoms with Crippen molar-refractivity contribution in [2.75, 3.05) is 33.3 Å². The number of benzene rings is 1. The summed E-state index contributed by atoms with van der Waals surface area (Å²) in [5, 5.41) is 13.6. The minimum absolute atomic E-state index is 0.490. The van der Waals surface area contributed by atoms with E-state index in [9.17, 15) is 5.11 Å². The van der Waals surface area contributed by atoms with Crippen LogP contribution in [0.1, 0.15) is 31.4 Å². The molecule has 0 aliphatic carbocycles. The van der Waals surface area contributed by atoms with Crippen LogP contribution in [0.25, 0.3) is 0 Å². The van der Waals surface area contributed by atoms with E-state index >= 15 is 0 Å².